The van der Waals surface area contributed by atoms with Gasteiger partial charge in [0.2, 0.25) is 0 Å². The van der Waals surface area contributed by atoms with Gasteiger partial charge in [0.1, 0.15) is 5.78 Å². The number of rotatable bonds is 0. The molecule has 3 saturated carbocycles. The first-order valence-corrected chi connectivity index (χ1v) is 9.82. The molecule has 0 radical (unpaired) electrons. The summed E-state index contributed by atoms with van der Waals surface area (Å²) in [4.78, 5) is 24.9. The van der Waals surface area contributed by atoms with Crippen molar-refractivity contribution in [2.45, 2.75) is 57.7 Å². The Balaban J connectivity index is 1.78. The Bertz CT molecular complexity index is 661. The Hall–Kier alpha value is -0.700. The third-order valence-corrected chi connectivity index (χ3v) is 8.41. The standard InChI is InChI=1S/C20H25BrO2/c1-11-10-20(3)14-6-7-19(2)13(4-5-18(19)23)12(14)8-16(21)15(20)9-17(11)22/h9-10,12-14,16H,4-8H2,1-3H3/t12-,13-,14-,16?,19-,20+/m0/s1. The molecule has 0 amide bonds. The van der Waals surface area contributed by atoms with Crippen molar-refractivity contribution in [3.8, 4) is 0 Å². The second-order valence-corrected chi connectivity index (χ2v) is 9.68. The van der Waals surface area contributed by atoms with Crippen LogP contribution in [0.15, 0.2) is 23.3 Å². The highest BCUT2D eigenvalue weighted by Gasteiger charge is 2.59. The molecule has 0 spiro atoms. The van der Waals surface area contributed by atoms with E-state index in [1.807, 2.05) is 13.0 Å². The van der Waals surface area contributed by atoms with Crippen LogP contribution in [0.1, 0.15) is 52.9 Å². The van der Waals surface area contributed by atoms with Gasteiger partial charge in [-0.25, -0.2) is 0 Å². The lowest BCUT2D eigenvalue weighted by molar-refractivity contribution is -0.131. The van der Waals surface area contributed by atoms with Crippen molar-refractivity contribution in [1.29, 1.82) is 0 Å². The van der Waals surface area contributed by atoms with Gasteiger partial charge in [0, 0.05) is 22.1 Å². The average molecular weight is 377 g/mol. The number of fused-ring (bicyclic) bond motifs is 5. The Morgan fingerprint density at radius 3 is 2.65 bits per heavy atom. The van der Waals surface area contributed by atoms with Crippen molar-refractivity contribution in [3.63, 3.8) is 0 Å². The fourth-order valence-electron chi connectivity index (χ4n) is 6.26. The molecule has 4 aliphatic carbocycles. The Kier molecular flexibility index (Phi) is 3.37. The highest BCUT2D eigenvalue weighted by molar-refractivity contribution is 9.09. The lowest BCUT2D eigenvalue weighted by Crippen LogP contribution is -2.52. The zero-order valence-electron chi connectivity index (χ0n) is 14.2. The third-order valence-electron chi connectivity index (χ3n) is 7.55. The number of alkyl halides is 1. The van der Waals surface area contributed by atoms with Gasteiger partial charge < -0.3 is 0 Å². The molecule has 0 aromatic heterocycles. The van der Waals surface area contributed by atoms with Crippen molar-refractivity contribution < 1.29 is 9.59 Å². The van der Waals surface area contributed by atoms with E-state index in [4.69, 9.17) is 0 Å². The first kappa shape index (κ1) is 15.8. The molecule has 0 saturated heterocycles. The van der Waals surface area contributed by atoms with Gasteiger partial charge in [0.15, 0.2) is 5.78 Å². The van der Waals surface area contributed by atoms with Gasteiger partial charge >= 0.3 is 0 Å². The van der Waals surface area contributed by atoms with Crippen LogP contribution in [-0.2, 0) is 9.59 Å². The van der Waals surface area contributed by atoms with Crippen LogP contribution in [0.4, 0.5) is 0 Å². The average Bonchev–Trinajstić information content (AvgIpc) is 2.78. The molecule has 0 aliphatic heterocycles. The lowest BCUT2D eigenvalue weighted by atomic mass is 9.48. The smallest absolute Gasteiger partial charge is 0.181 e. The van der Waals surface area contributed by atoms with Crippen LogP contribution in [0, 0.1) is 28.6 Å². The SMILES string of the molecule is CC1=C[C@@]2(C)C(=CC1=O)C(Br)C[C@@H]1[C@@H]2CC[C@]2(C)C(=O)CC[C@@H]12. The van der Waals surface area contributed by atoms with Gasteiger partial charge in [-0.1, -0.05) is 35.9 Å². The summed E-state index contributed by atoms with van der Waals surface area (Å²) in [5, 5.41) is 0. The summed E-state index contributed by atoms with van der Waals surface area (Å²) >= 11 is 3.87. The number of hydrogen-bond donors (Lipinski definition) is 0. The van der Waals surface area contributed by atoms with E-state index in [0.29, 0.717) is 23.5 Å². The van der Waals surface area contributed by atoms with Crippen LogP contribution in [0.2, 0.25) is 0 Å². The topological polar surface area (TPSA) is 34.1 Å². The van der Waals surface area contributed by atoms with E-state index >= 15 is 0 Å². The Morgan fingerprint density at radius 1 is 1.17 bits per heavy atom. The van der Waals surface area contributed by atoms with Crippen LogP contribution in [0.25, 0.3) is 0 Å². The second-order valence-electron chi connectivity index (χ2n) is 8.57. The number of Topliss-reactive ketones (excluding diaryl/α,β-unsaturated/α-hetero) is 1. The van der Waals surface area contributed by atoms with Crippen LogP contribution >= 0.6 is 15.9 Å². The van der Waals surface area contributed by atoms with Crippen molar-refractivity contribution in [2.24, 2.45) is 28.6 Å². The second kappa shape index (κ2) is 4.91. The van der Waals surface area contributed by atoms with E-state index in [0.717, 1.165) is 37.7 Å². The molecule has 0 N–H and O–H groups in total. The van der Waals surface area contributed by atoms with Crippen LogP contribution in [0.5, 0.6) is 0 Å². The number of carbonyl (C=O) groups is 2. The molecule has 0 aromatic rings. The monoisotopic (exact) mass is 376 g/mol. The molecule has 3 fully saturated rings. The molecule has 124 valence electrons. The highest BCUT2D eigenvalue weighted by Crippen LogP contribution is 2.64. The maximum Gasteiger partial charge on any atom is 0.181 e. The van der Waals surface area contributed by atoms with Gasteiger partial charge in [-0.15, -0.1) is 0 Å². The van der Waals surface area contributed by atoms with Gasteiger partial charge in [0.25, 0.3) is 0 Å². The molecular weight excluding hydrogens is 352 g/mol. The molecule has 0 heterocycles. The number of halogens is 1. The van der Waals surface area contributed by atoms with Crippen molar-refractivity contribution >= 4 is 27.5 Å². The van der Waals surface area contributed by atoms with Gasteiger partial charge in [0.05, 0.1) is 0 Å². The molecule has 6 atom stereocenters. The fourth-order valence-corrected chi connectivity index (χ4v) is 7.32. The van der Waals surface area contributed by atoms with Crippen molar-refractivity contribution in [3.05, 3.63) is 23.3 Å². The van der Waals surface area contributed by atoms with E-state index < -0.39 is 0 Å². The molecule has 1 unspecified atom stereocenters. The molecule has 0 bridgehead atoms. The first-order valence-electron chi connectivity index (χ1n) is 8.90. The molecule has 2 nitrogen and oxygen atoms in total. The maximum absolute atomic E-state index is 12.5. The summed E-state index contributed by atoms with van der Waals surface area (Å²) in [6.45, 7) is 6.48. The summed E-state index contributed by atoms with van der Waals surface area (Å²) in [6, 6.07) is 0. The first-order chi connectivity index (χ1) is 10.8. The molecule has 4 aliphatic rings. The lowest BCUT2D eigenvalue weighted by Gasteiger charge is -2.57. The van der Waals surface area contributed by atoms with Crippen LogP contribution < -0.4 is 0 Å². The fraction of sp³-hybridized carbons (Fsp3) is 0.700. The van der Waals surface area contributed by atoms with E-state index in [-0.39, 0.29) is 21.4 Å². The molecule has 0 aromatic carbocycles. The van der Waals surface area contributed by atoms with Crippen LogP contribution in [0.3, 0.4) is 0 Å². The zero-order valence-corrected chi connectivity index (χ0v) is 15.8. The summed E-state index contributed by atoms with van der Waals surface area (Å²) in [5.41, 5.74) is 2.03. The quantitative estimate of drug-likeness (QED) is 0.577. The minimum absolute atomic E-state index is 0.0257. The minimum Gasteiger partial charge on any atom is -0.299 e. The third kappa shape index (κ3) is 1.98. The molecule has 4 rings (SSSR count). The van der Waals surface area contributed by atoms with E-state index in [1.54, 1.807) is 0 Å². The summed E-state index contributed by atoms with van der Waals surface area (Å²) in [7, 11) is 0. The van der Waals surface area contributed by atoms with Gasteiger partial charge in [-0.2, -0.15) is 0 Å². The zero-order chi connectivity index (χ0) is 16.6. The van der Waals surface area contributed by atoms with Gasteiger partial charge in [-0.3, -0.25) is 9.59 Å². The van der Waals surface area contributed by atoms with E-state index in [2.05, 4.69) is 35.9 Å². The molecule has 3 heteroatoms. The highest BCUT2D eigenvalue weighted by atomic mass is 79.9. The van der Waals surface area contributed by atoms with Crippen molar-refractivity contribution in [2.75, 3.05) is 0 Å². The normalized spacial score (nSPS) is 49.0. The Labute approximate surface area is 146 Å². The molecule has 23 heavy (non-hydrogen) atoms. The summed E-state index contributed by atoms with van der Waals surface area (Å²) in [6.07, 6.45) is 9.15. The van der Waals surface area contributed by atoms with Crippen LogP contribution in [-0.4, -0.2) is 16.4 Å². The predicted octanol–water partition coefficient (Wildman–Crippen LogP) is 4.63. The molecular formula is C20H25BrO2. The minimum atomic E-state index is -0.0886. The maximum atomic E-state index is 12.5. The van der Waals surface area contributed by atoms with Gasteiger partial charge in [-0.05, 0) is 67.6 Å². The summed E-state index contributed by atoms with van der Waals surface area (Å²) < 4.78 is 0. The van der Waals surface area contributed by atoms with E-state index in [1.165, 1.54) is 5.57 Å². The number of allylic oxidation sites excluding steroid dienone is 4. The number of carbonyl (C=O) groups excluding carboxylic acids is 2. The largest absolute Gasteiger partial charge is 0.299 e. The predicted molar refractivity (Wildman–Crippen MR) is 94.3 cm³/mol. The number of hydrogen-bond acceptors (Lipinski definition) is 2. The Morgan fingerprint density at radius 2 is 1.91 bits per heavy atom. The van der Waals surface area contributed by atoms with E-state index in [9.17, 15) is 9.59 Å². The van der Waals surface area contributed by atoms with Crippen molar-refractivity contribution in [1.82, 2.24) is 0 Å². The summed E-state index contributed by atoms with van der Waals surface area (Å²) in [5.74, 6) is 2.33. The number of ketones is 2.